The van der Waals surface area contributed by atoms with E-state index in [2.05, 4.69) is 10.3 Å². The first-order valence-electron chi connectivity index (χ1n) is 7.35. The van der Waals surface area contributed by atoms with Crippen LogP contribution < -0.4 is 10.1 Å². The number of amides is 1. The Hall–Kier alpha value is -2.40. The van der Waals surface area contributed by atoms with Gasteiger partial charge < -0.3 is 15.0 Å². The van der Waals surface area contributed by atoms with E-state index in [1.807, 2.05) is 35.2 Å². The minimum Gasteiger partial charge on any atom is -0.497 e. The number of rotatable bonds is 3. The van der Waals surface area contributed by atoms with E-state index in [9.17, 15) is 4.79 Å². The third kappa shape index (κ3) is 2.94. The molecule has 5 nitrogen and oxygen atoms in total. The lowest BCUT2D eigenvalue weighted by Gasteiger charge is -2.36. The number of nitrogens with one attached hydrogen (secondary N) is 1. The quantitative estimate of drug-likeness (QED) is 0.940. The predicted octanol–water partition coefficient (Wildman–Crippen LogP) is 1.88. The highest BCUT2D eigenvalue weighted by molar-refractivity contribution is 5.94. The lowest BCUT2D eigenvalue weighted by molar-refractivity contribution is 0.0634. The van der Waals surface area contributed by atoms with Crippen LogP contribution in [0, 0.1) is 0 Å². The van der Waals surface area contributed by atoms with E-state index in [0.717, 1.165) is 24.4 Å². The number of carbonyl (C=O) groups is 1. The van der Waals surface area contributed by atoms with Gasteiger partial charge >= 0.3 is 0 Å². The van der Waals surface area contributed by atoms with Gasteiger partial charge in [-0.3, -0.25) is 9.78 Å². The second kappa shape index (κ2) is 6.58. The molecule has 114 valence electrons. The van der Waals surface area contributed by atoms with Crippen LogP contribution in [0.3, 0.4) is 0 Å². The zero-order valence-electron chi connectivity index (χ0n) is 12.5. The van der Waals surface area contributed by atoms with Crippen molar-refractivity contribution in [3.8, 4) is 5.75 Å². The summed E-state index contributed by atoms with van der Waals surface area (Å²) in [5, 5.41) is 3.36. The lowest BCUT2D eigenvalue weighted by atomic mass is 10.0. The molecular weight excluding hydrogens is 278 g/mol. The second-order valence-electron chi connectivity index (χ2n) is 5.23. The summed E-state index contributed by atoms with van der Waals surface area (Å²) in [6.07, 6.45) is 3.30. The molecule has 1 saturated heterocycles. The number of carbonyl (C=O) groups excluding carboxylic acids is 1. The van der Waals surface area contributed by atoms with Crippen molar-refractivity contribution < 1.29 is 9.53 Å². The van der Waals surface area contributed by atoms with E-state index < -0.39 is 0 Å². The predicted molar refractivity (Wildman–Crippen MR) is 83.9 cm³/mol. The van der Waals surface area contributed by atoms with Crippen LogP contribution in [0.15, 0.2) is 48.8 Å². The molecule has 0 saturated carbocycles. The van der Waals surface area contributed by atoms with Crippen molar-refractivity contribution in [3.05, 3.63) is 59.9 Å². The molecule has 2 aromatic rings. The van der Waals surface area contributed by atoms with Gasteiger partial charge in [-0.25, -0.2) is 0 Å². The monoisotopic (exact) mass is 297 g/mol. The summed E-state index contributed by atoms with van der Waals surface area (Å²) in [7, 11) is 1.65. The van der Waals surface area contributed by atoms with Crippen molar-refractivity contribution in [2.24, 2.45) is 0 Å². The maximum Gasteiger partial charge on any atom is 0.256 e. The largest absolute Gasteiger partial charge is 0.497 e. The highest BCUT2D eigenvalue weighted by Gasteiger charge is 2.28. The van der Waals surface area contributed by atoms with Crippen LogP contribution in [0.25, 0.3) is 0 Å². The molecule has 1 atom stereocenters. The van der Waals surface area contributed by atoms with Crippen LogP contribution in [-0.4, -0.2) is 42.5 Å². The Morgan fingerprint density at radius 3 is 2.82 bits per heavy atom. The molecule has 0 radical (unpaired) electrons. The van der Waals surface area contributed by atoms with Crippen molar-refractivity contribution >= 4 is 5.91 Å². The van der Waals surface area contributed by atoms with Gasteiger partial charge in [0.15, 0.2) is 0 Å². The Kier molecular flexibility index (Phi) is 4.34. The number of pyridine rings is 1. The van der Waals surface area contributed by atoms with E-state index in [1.54, 1.807) is 25.6 Å². The van der Waals surface area contributed by atoms with E-state index in [1.165, 1.54) is 0 Å². The van der Waals surface area contributed by atoms with Crippen LogP contribution in [-0.2, 0) is 0 Å². The van der Waals surface area contributed by atoms with E-state index in [0.29, 0.717) is 12.1 Å². The molecule has 1 aliphatic heterocycles. The second-order valence-corrected chi connectivity index (χ2v) is 5.23. The maximum absolute atomic E-state index is 12.7. The molecule has 3 rings (SSSR count). The van der Waals surface area contributed by atoms with E-state index >= 15 is 0 Å². The van der Waals surface area contributed by atoms with Gasteiger partial charge in [-0.05, 0) is 29.8 Å². The average Bonchev–Trinajstić information content (AvgIpc) is 2.62. The summed E-state index contributed by atoms with van der Waals surface area (Å²) in [5.74, 6) is 0.841. The zero-order valence-corrected chi connectivity index (χ0v) is 12.5. The topological polar surface area (TPSA) is 54.5 Å². The SMILES string of the molecule is COc1ccc(C2CNCCN2C(=O)c2cccnc2)cc1. The van der Waals surface area contributed by atoms with Gasteiger partial charge in [0.25, 0.3) is 5.91 Å². The number of hydrogen-bond donors (Lipinski definition) is 1. The van der Waals surface area contributed by atoms with Gasteiger partial charge in [0.1, 0.15) is 5.75 Å². The molecule has 2 heterocycles. The third-order valence-electron chi connectivity index (χ3n) is 3.91. The summed E-state index contributed by atoms with van der Waals surface area (Å²) in [6, 6.07) is 11.5. The third-order valence-corrected chi connectivity index (χ3v) is 3.91. The molecule has 22 heavy (non-hydrogen) atoms. The average molecular weight is 297 g/mol. The number of nitrogens with zero attached hydrogens (tertiary/aromatic N) is 2. The fraction of sp³-hybridized carbons (Fsp3) is 0.294. The van der Waals surface area contributed by atoms with Gasteiger partial charge in [-0.2, -0.15) is 0 Å². The first-order chi connectivity index (χ1) is 10.8. The molecule has 0 aliphatic carbocycles. The summed E-state index contributed by atoms with van der Waals surface area (Å²) in [4.78, 5) is 18.7. The van der Waals surface area contributed by atoms with Crippen LogP contribution in [0.1, 0.15) is 22.0 Å². The van der Waals surface area contributed by atoms with Crippen LogP contribution >= 0.6 is 0 Å². The standard InChI is InChI=1S/C17H19N3O2/c1-22-15-6-4-13(5-7-15)16-12-19-9-10-20(16)17(21)14-3-2-8-18-11-14/h2-8,11,16,19H,9-10,12H2,1H3. The Bertz CT molecular complexity index is 628. The smallest absolute Gasteiger partial charge is 0.256 e. The van der Waals surface area contributed by atoms with Crippen molar-refractivity contribution in [1.29, 1.82) is 0 Å². The fourth-order valence-corrected chi connectivity index (χ4v) is 2.73. The van der Waals surface area contributed by atoms with Gasteiger partial charge in [-0.1, -0.05) is 12.1 Å². The Balaban J connectivity index is 1.86. The molecule has 1 fully saturated rings. The van der Waals surface area contributed by atoms with Crippen molar-refractivity contribution in [2.45, 2.75) is 6.04 Å². The summed E-state index contributed by atoms with van der Waals surface area (Å²) in [6.45, 7) is 2.24. The molecule has 1 unspecified atom stereocenters. The molecule has 0 spiro atoms. The Morgan fingerprint density at radius 2 is 2.14 bits per heavy atom. The first-order valence-corrected chi connectivity index (χ1v) is 7.35. The van der Waals surface area contributed by atoms with E-state index in [-0.39, 0.29) is 11.9 Å². The van der Waals surface area contributed by atoms with Crippen molar-refractivity contribution in [1.82, 2.24) is 15.2 Å². The Morgan fingerprint density at radius 1 is 1.32 bits per heavy atom. The number of piperazine rings is 1. The molecule has 1 amide bonds. The lowest BCUT2D eigenvalue weighted by Crippen LogP contribution is -2.48. The van der Waals surface area contributed by atoms with Crippen LogP contribution in [0.5, 0.6) is 5.75 Å². The number of benzene rings is 1. The molecule has 0 bridgehead atoms. The van der Waals surface area contributed by atoms with Gasteiger partial charge in [0.2, 0.25) is 0 Å². The summed E-state index contributed by atoms with van der Waals surface area (Å²) >= 11 is 0. The van der Waals surface area contributed by atoms with Gasteiger partial charge in [-0.15, -0.1) is 0 Å². The number of methoxy groups -OCH3 is 1. The number of ether oxygens (including phenoxy) is 1. The molecule has 1 aliphatic rings. The van der Waals surface area contributed by atoms with Crippen LogP contribution in [0.4, 0.5) is 0 Å². The Labute approximate surface area is 129 Å². The molecule has 1 aromatic heterocycles. The first kappa shape index (κ1) is 14.5. The van der Waals surface area contributed by atoms with Gasteiger partial charge in [0, 0.05) is 32.0 Å². The highest BCUT2D eigenvalue weighted by atomic mass is 16.5. The molecule has 5 heteroatoms. The van der Waals surface area contributed by atoms with Gasteiger partial charge in [0.05, 0.1) is 18.7 Å². The number of aromatic nitrogens is 1. The minimum atomic E-state index is 0.0207. The van der Waals surface area contributed by atoms with Crippen molar-refractivity contribution in [2.75, 3.05) is 26.7 Å². The number of hydrogen-bond acceptors (Lipinski definition) is 4. The molecular formula is C17H19N3O2. The molecule has 1 aromatic carbocycles. The maximum atomic E-state index is 12.7. The fourth-order valence-electron chi connectivity index (χ4n) is 2.73. The van der Waals surface area contributed by atoms with E-state index in [4.69, 9.17) is 4.74 Å². The summed E-state index contributed by atoms with van der Waals surface area (Å²) in [5.41, 5.74) is 1.73. The minimum absolute atomic E-state index is 0.0207. The van der Waals surface area contributed by atoms with Crippen molar-refractivity contribution in [3.63, 3.8) is 0 Å². The van der Waals surface area contributed by atoms with Crippen LogP contribution in [0.2, 0.25) is 0 Å². The highest BCUT2D eigenvalue weighted by Crippen LogP contribution is 2.25. The summed E-state index contributed by atoms with van der Waals surface area (Å²) < 4.78 is 5.20. The zero-order chi connectivity index (χ0) is 15.4. The normalized spacial score (nSPS) is 18.0. The molecule has 1 N–H and O–H groups in total.